The summed E-state index contributed by atoms with van der Waals surface area (Å²) in [7, 11) is 3.58. The third kappa shape index (κ3) is 4.27. The van der Waals surface area contributed by atoms with E-state index in [1.165, 1.54) is 0 Å². The monoisotopic (exact) mass is 604 g/mol. The van der Waals surface area contributed by atoms with E-state index in [9.17, 15) is 9.59 Å². The Morgan fingerprint density at radius 2 is 0.778 bits per heavy atom. The summed E-state index contributed by atoms with van der Waals surface area (Å²) in [6, 6.07) is 31.0. The minimum absolute atomic E-state index is 0.0291. The molecule has 0 aliphatic heterocycles. The van der Waals surface area contributed by atoms with Crippen LogP contribution in [-0.2, 0) is 14.1 Å². The molecule has 36 heavy (non-hydrogen) atoms. The van der Waals surface area contributed by atoms with Gasteiger partial charge in [-0.05, 0) is 72.8 Å². The Labute approximate surface area is 223 Å². The Kier molecular flexibility index (Phi) is 6.55. The molecule has 0 saturated heterocycles. The number of nitrogens with zero attached hydrogens (tertiary/aromatic N) is 4. The normalized spacial score (nSPS) is 11.0. The van der Waals surface area contributed by atoms with E-state index in [4.69, 9.17) is 0 Å². The fraction of sp³-hybridized carbons (Fsp3) is 0.0714. The first-order valence-electron chi connectivity index (χ1n) is 11.2. The standard InChI is InChI=1S/2C14H11BrN2O/c2*1-16-12-4-2-3-5-13(12)17(14(16)18)11-8-6-10(15)7-9-11/h2*2-9H,1H3. The van der Waals surface area contributed by atoms with Crippen LogP contribution in [0.1, 0.15) is 0 Å². The Morgan fingerprint density at radius 3 is 1.11 bits per heavy atom. The SMILES string of the molecule is Cn1c(=O)n(-c2ccc(Br)cc2)c2ccccc21.Cn1c(=O)n(-c2ccc(Br)cc2)c2ccccc21. The highest BCUT2D eigenvalue weighted by Crippen LogP contribution is 2.20. The first-order valence-corrected chi connectivity index (χ1v) is 12.8. The summed E-state index contributed by atoms with van der Waals surface area (Å²) in [4.78, 5) is 24.6. The Hall–Kier alpha value is -3.62. The lowest BCUT2D eigenvalue weighted by Crippen LogP contribution is -2.20. The molecule has 0 saturated carbocycles. The van der Waals surface area contributed by atoms with Gasteiger partial charge in [-0.25, -0.2) is 9.59 Å². The number of aryl methyl sites for hydroxylation is 2. The van der Waals surface area contributed by atoms with E-state index in [-0.39, 0.29) is 11.4 Å². The lowest BCUT2D eigenvalue weighted by molar-refractivity contribution is 0.846. The summed E-state index contributed by atoms with van der Waals surface area (Å²) in [6.45, 7) is 0. The van der Waals surface area contributed by atoms with Gasteiger partial charge in [-0.2, -0.15) is 0 Å². The van der Waals surface area contributed by atoms with Crippen molar-refractivity contribution in [1.29, 1.82) is 0 Å². The van der Waals surface area contributed by atoms with Gasteiger partial charge in [0, 0.05) is 23.0 Å². The van der Waals surface area contributed by atoms with Crippen LogP contribution >= 0.6 is 31.9 Å². The molecule has 0 aliphatic rings. The summed E-state index contributed by atoms with van der Waals surface area (Å²) in [5, 5.41) is 0. The zero-order chi connectivity index (χ0) is 25.4. The molecule has 0 aliphatic carbocycles. The van der Waals surface area contributed by atoms with Gasteiger partial charge in [0.1, 0.15) is 0 Å². The number of aromatic nitrogens is 4. The van der Waals surface area contributed by atoms with Crippen molar-refractivity contribution in [3.63, 3.8) is 0 Å². The maximum absolute atomic E-state index is 12.3. The third-order valence-corrected chi connectivity index (χ3v) is 7.15. The number of rotatable bonds is 2. The van der Waals surface area contributed by atoms with Gasteiger partial charge in [0.2, 0.25) is 0 Å². The second kappa shape index (κ2) is 9.79. The first kappa shape index (κ1) is 24.1. The van der Waals surface area contributed by atoms with E-state index in [2.05, 4.69) is 31.9 Å². The van der Waals surface area contributed by atoms with E-state index < -0.39 is 0 Å². The van der Waals surface area contributed by atoms with Crippen molar-refractivity contribution in [3.05, 3.63) is 127 Å². The Bertz CT molecular complexity index is 1670. The van der Waals surface area contributed by atoms with Crippen molar-refractivity contribution in [3.8, 4) is 11.4 Å². The number of halogens is 2. The molecule has 6 nitrogen and oxygen atoms in total. The van der Waals surface area contributed by atoms with E-state index in [1.54, 1.807) is 32.4 Å². The largest absolute Gasteiger partial charge is 0.333 e. The second-order valence-electron chi connectivity index (χ2n) is 8.28. The maximum atomic E-state index is 12.3. The molecule has 6 aromatic rings. The summed E-state index contributed by atoms with van der Waals surface area (Å²) in [5.74, 6) is 0. The molecule has 0 amide bonds. The van der Waals surface area contributed by atoms with E-state index in [0.29, 0.717) is 0 Å². The van der Waals surface area contributed by atoms with Crippen LogP contribution in [0.4, 0.5) is 0 Å². The van der Waals surface area contributed by atoms with E-state index in [0.717, 1.165) is 42.4 Å². The molecular weight excluding hydrogens is 584 g/mol. The molecule has 180 valence electrons. The summed E-state index contributed by atoms with van der Waals surface area (Å²) in [6.07, 6.45) is 0. The molecule has 0 unspecified atom stereocenters. The minimum atomic E-state index is -0.0291. The number of imidazole rings is 2. The molecule has 0 atom stereocenters. The van der Waals surface area contributed by atoms with E-state index in [1.807, 2.05) is 97.1 Å². The molecule has 6 rings (SSSR count). The molecular formula is C28H22Br2N4O2. The average molecular weight is 606 g/mol. The quantitative estimate of drug-likeness (QED) is 0.237. The zero-order valence-corrected chi connectivity index (χ0v) is 22.8. The van der Waals surface area contributed by atoms with Gasteiger partial charge in [-0.1, -0.05) is 56.1 Å². The van der Waals surface area contributed by atoms with Crippen molar-refractivity contribution in [2.75, 3.05) is 0 Å². The Morgan fingerprint density at radius 1 is 0.472 bits per heavy atom. The van der Waals surface area contributed by atoms with Crippen LogP contribution in [0, 0.1) is 0 Å². The predicted octanol–water partition coefficient (Wildman–Crippen LogP) is 6.18. The van der Waals surface area contributed by atoms with Crippen molar-refractivity contribution in [2.45, 2.75) is 0 Å². The van der Waals surface area contributed by atoms with Crippen molar-refractivity contribution < 1.29 is 0 Å². The van der Waals surface area contributed by atoms with Crippen LogP contribution in [0.2, 0.25) is 0 Å². The van der Waals surface area contributed by atoms with Gasteiger partial charge in [-0.15, -0.1) is 0 Å². The van der Waals surface area contributed by atoms with Crippen LogP contribution in [0.3, 0.4) is 0 Å². The number of benzene rings is 4. The van der Waals surface area contributed by atoms with Crippen LogP contribution in [0.5, 0.6) is 0 Å². The predicted molar refractivity (Wildman–Crippen MR) is 152 cm³/mol. The molecule has 0 N–H and O–H groups in total. The summed E-state index contributed by atoms with van der Waals surface area (Å²) in [5.41, 5.74) is 5.41. The summed E-state index contributed by atoms with van der Waals surface area (Å²) >= 11 is 6.80. The highest BCUT2D eigenvalue weighted by Gasteiger charge is 2.12. The Balaban J connectivity index is 0.000000148. The molecule has 4 aromatic carbocycles. The lowest BCUT2D eigenvalue weighted by atomic mass is 10.3. The fourth-order valence-electron chi connectivity index (χ4n) is 4.27. The molecule has 0 fully saturated rings. The van der Waals surface area contributed by atoms with Crippen LogP contribution in [-0.4, -0.2) is 18.3 Å². The topological polar surface area (TPSA) is 53.9 Å². The van der Waals surface area contributed by atoms with Crippen LogP contribution in [0.25, 0.3) is 33.4 Å². The van der Waals surface area contributed by atoms with Gasteiger partial charge in [0.25, 0.3) is 0 Å². The smallest absolute Gasteiger partial charge is 0.295 e. The average Bonchev–Trinajstić information content (AvgIpc) is 3.30. The molecule has 0 radical (unpaired) electrons. The molecule has 2 aromatic heterocycles. The van der Waals surface area contributed by atoms with Crippen molar-refractivity contribution in [1.82, 2.24) is 18.3 Å². The van der Waals surface area contributed by atoms with Gasteiger partial charge >= 0.3 is 11.4 Å². The highest BCUT2D eigenvalue weighted by molar-refractivity contribution is 9.10. The lowest BCUT2D eigenvalue weighted by Gasteiger charge is -2.02. The maximum Gasteiger partial charge on any atom is 0.333 e. The van der Waals surface area contributed by atoms with Gasteiger partial charge in [-0.3, -0.25) is 18.3 Å². The minimum Gasteiger partial charge on any atom is -0.295 e. The fourth-order valence-corrected chi connectivity index (χ4v) is 4.79. The summed E-state index contributed by atoms with van der Waals surface area (Å²) < 4.78 is 8.78. The number of hydrogen-bond acceptors (Lipinski definition) is 2. The van der Waals surface area contributed by atoms with Gasteiger partial charge in [0.05, 0.1) is 33.4 Å². The zero-order valence-electron chi connectivity index (χ0n) is 19.6. The number of fused-ring (bicyclic) bond motifs is 2. The van der Waals surface area contributed by atoms with Gasteiger partial charge < -0.3 is 0 Å². The molecule has 0 bridgehead atoms. The highest BCUT2D eigenvalue weighted by atomic mass is 79.9. The van der Waals surface area contributed by atoms with Crippen LogP contribution < -0.4 is 11.4 Å². The van der Waals surface area contributed by atoms with Crippen molar-refractivity contribution >= 4 is 53.9 Å². The number of para-hydroxylation sites is 4. The number of hydrogen-bond donors (Lipinski definition) is 0. The third-order valence-electron chi connectivity index (χ3n) is 6.09. The van der Waals surface area contributed by atoms with E-state index >= 15 is 0 Å². The molecule has 0 spiro atoms. The molecule has 8 heteroatoms. The van der Waals surface area contributed by atoms with Crippen molar-refractivity contribution in [2.24, 2.45) is 14.1 Å². The van der Waals surface area contributed by atoms with Crippen LogP contribution in [0.15, 0.2) is 116 Å². The first-order chi connectivity index (χ1) is 17.4. The second-order valence-corrected chi connectivity index (χ2v) is 10.1. The van der Waals surface area contributed by atoms with Gasteiger partial charge in [0.15, 0.2) is 0 Å². The molecule has 2 heterocycles.